The number of nitrogens with two attached hydrogens (primary N) is 1. The van der Waals surface area contributed by atoms with Gasteiger partial charge in [-0.25, -0.2) is 0 Å². The highest BCUT2D eigenvalue weighted by molar-refractivity contribution is 7.12. The van der Waals surface area contributed by atoms with Crippen LogP contribution in [0.4, 0.5) is 0 Å². The van der Waals surface area contributed by atoms with Gasteiger partial charge in [0.05, 0.1) is 6.04 Å². The Kier molecular flexibility index (Phi) is 5.38. The van der Waals surface area contributed by atoms with E-state index >= 15 is 0 Å². The molecule has 0 bridgehead atoms. The second kappa shape index (κ2) is 6.18. The maximum absolute atomic E-state index is 6.00. The Balaban J connectivity index is 2.89. The van der Waals surface area contributed by atoms with Gasteiger partial charge in [-0.05, 0) is 37.9 Å². The first-order valence-electron chi connectivity index (χ1n) is 6.81. The Morgan fingerprint density at radius 1 is 1.33 bits per heavy atom. The van der Waals surface area contributed by atoms with Crippen LogP contribution >= 0.6 is 11.3 Å². The molecular formula is C15H28N2S. The number of aryl methyl sites for hydroxylation is 1. The molecular weight excluding hydrogens is 240 g/mol. The third-order valence-corrected chi connectivity index (χ3v) is 5.27. The van der Waals surface area contributed by atoms with Crippen molar-refractivity contribution in [3.63, 3.8) is 0 Å². The fraction of sp³-hybridized carbons (Fsp3) is 0.733. The van der Waals surface area contributed by atoms with Gasteiger partial charge in [-0.15, -0.1) is 11.3 Å². The average Bonchev–Trinajstić information content (AvgIpc) is 2.76. The Morgan fingerprint density at radius 3 is 2.33 bits per heavy atom. The molecule has 0 aliphatic rings. The van der Waals surface area contributed by atoms with Crippen molar-refractivity contribution < 1.29 is 0 Å². The number of hydrogen-bond donors (Lipinski definition) is 1. The van der Waals surface area contributed by atoms with E-state index in [1.54, 1.807) is 0 Å². The van der Waals surface area contributed by atoms with Crippen LogP contribution in [-0.2, 0) is 6.42 Å². The van der Waals surface area contributed by atoms with E-state index in [0.717, 1.165) is 6.42 Å². The molecule has 0 aromatic carbocycles. The summed E-state index contributed by atoms with van der Waals surface area (Å²) in [5.41, 5.74) is 6.27. The van der Waals surface area contributed by atoms with Gasteiger partial charge in [0, 0.05) is 22.3 Å². The van der Waals surface area contributed by atoms with Crippen molar-refractivity contribution in [1.82, 2.24) is 4.90 Å². The molecule has 2 unspecified atom stereocenters. The molecule has 2 nitrogen and oxygen atoms in total. The van der Waals surface area contributed by atoms with Crippen LogP contribution in [0.5, 0.6) is 0 Å². The molecule has 0 saturated carbocycles. The van der Waals surface area contributed by atoms with Gasteiger partial charge >= 0.3 is 0 Å². The molecule has 0 saturated heterocycles. The smallest absolute Gasteiger partial charge is 0.0564 e. The molecule has 1 heterocycles. The molecule has 3 heteroatoms. The maximum atomic E-state index is 6.00. The van der Waals surface area contributed by atoms with Gasteiger partial charge in [0.1, 0.15) is 0 Å². The summed E-state index contributed by atoms with van der Waals surface area (Å²) < 4.78 is 0. The number of hydrogen-bond acceptors (Lipinski definition) is 3. The minimum Gasteiger partial charge on any atom is -0.329 e. The van der Waals surface area contributed by atoms with E-state index in [0.29, 0.717) is 18.6 Å². The summed E-state index contributed by atoms with van der Waals surface area (Å²) >= 11 is 1.90. The first-order valence-corrected chi connectivity index (χ1v) is 7.63. The Bertz CT molecular complexity index is 365. The van der Waals surface area contributed by atoms with Crippen LogP contribution < -0.4 is 5.73 Å². The number of nitrogens with zero attached hydrogens (tertiary/aromatic N) is 1. The fourth-order valence-electron chi connectivity index (χ4n) is 2.13. The lowest BCUT2D eigenvalue weighted by molar-refractivity contribution is 0.102. The summed E-state index contributed by atoms with van der Waals surface area (Å²) in [7, 11) is 2.19. The van der Waals surface area contributed by atoms with Crippen molar-refractivity contribution in [2.75, 3.05) is 13.6 Å². The van der Waals surface area contributed by atoms with E-state index in [-0.39, 0.29) is 5.41 Å². The Morgan fingerprint density at radius 2 is 1.94 bits per heavy atom. The minimum atomic E-state index is 0.271. The summed E-state index contributed by atoms with van der Waals surface area (Å²) in [5.74, 6) is 0. The molecule has 1 rings (SSSR count). The van der Waals surface area contributed by atoms with Crippen LogP contribution in [-0.4, -0.2) is 24.5 Å². The van der Waals surface area contributed by atoms with Crippen molar-refractivity contribution >= 4 is 11.3 Å². The van der Waals surface area contributed by atoms with E-state index < -0.39 is 0 Å². The topological polar surface area (TPSA) is 29.3 Å². The summed E-state index contributed by atoms with van der Waals surface area (Å²) in [6, 6.07) is 5.31. The zero-order valence-corrected chi connectivity index (χ0v) is 13.5. The van der Waals surface area contributed by atoms with E-state index in [1.807, 2.05) is 11.3 Å². The third kappa shape index (κ3) is 3.56. The quantitative estimate of drug-likeness (QED) is 0.882. The lowest BCUT2D eigenvalue weighted by Crippen LogP contribution is -2.43. The number of likely N-dealkylation sites (N-methyl/N-ethyl adjacent to an activating group) is 1. The van der Waals surface area contributed by atoms with Crippen molar-refractivity contribution in [3.05, 3.63) is 21.9 Å². The molecule has 0 spiro atoms. The monoisotopic (exact) mass is 268 g/mol. The molecule has 0 aliphatic heterocycles. The average molecular weight is 268 g/mol. The standard InChI is InChI=1S/C15H28N2S/c1-7-12-8-9-14(18-12)13(10-16)17(6)11(2)15(3,4)5/h8-9,11,13H,7,10,16H2,1-6H3. The van der Waals surface area contributed by atoms with Crippen LogP contribution in [0, 0.1) is 5.41 Å². The molecule has 0 radical (unpaired) electrons. The van der Waals surface area contributed by atoms with Gasteiger partial charge in [-0.1, -0.05) is 27.7 Å². The second-order valence-corrected chi connectivity index (χ2v) is 7.32. The van der Waals surface area contributed by atoms with E-state index in [2.05, 4.69) is 58.7 Å². The molecule has 0 fully saturated rings. The van der Waals surface area contributed by atoms with Gasteiger partial charge in [0.2, 0.25) is 0 Å². The molecule has 1 aromatic rings. The normalized spacial score (nSPS) is 16.0. The predicted molar refractivity (Wildman–Crippen MR) is 82.2 cm³/mol. The van der Waals surface area contributed by atoms with Crippen molar-refractivity contribution in [2.24, 2.45) is 11.1 Å². The first-order chi connectivity index (χ1) is 8.31. The fourth-order valence-corrected chi connectivity index (χ4v) is 3.25. The molecule has 104 valence electrons. The van der Waals surface area contributed by atoms with Gasteiger partial charge in [0.25, 0.3) is 0 Å². The van der Waals surface area contributed by atoms with Crippen molar-refractivity contribution in [3.8, 4) is 0 Å². The van der Waals surface area contributed by atoms with E-state index in [1.165, 1.54) is 9.75 Å². The highest BCUT2D eigenvalue weighted by Crippen LogP contribution is 2.32. The van der Waals surface area contributed by atoms with Gasteiger partial charge < -0.3 is 5.73 Å². The molecule has 2 N–H and O–H groups in total. The summed E-state index contributed by atoms with van der Waals surface area (Å²) in [6.45, 7) is 12.0. The van der Waals surface area contributed by atoms with Crippen molar-refractivity contribution in [1.29, 1.82) is 0 Å². The summed E-state index contributed by atoms with van der Waals surface area (Å²) in [5, 5.41) is 0. The van der Waals surface area contributed by atoms with Crippen LogP contribution in [0.2, 0.25) is 0 Å². The zero-order chi connectivity index (χ0) is 13.9. The molecule has 2 atom stereocenters. The number of rotatable bonds is 5. The van der Waals surface area contributed by atoms with Crippen LogP contribution in [0.15, 0.2) is 12.1 Å². The molecule has 1 aromatic heterocycles. The van der Waals surface area contributed by atoms with Gasteiger partial charge in [-0.3, -0.25) is 4.90 Å². The highest BCUT2D eigenvalue weighted by atomic mass is 32.1. The first kappa shape index (κ1) is 15.7. The van der Waals surface area contributed by atoms with Crippen molar-refractivity contribution in [2.45, 2.75) is 53.1 Å². The van der Waals surface area contributed by atoms with Crippen LogP contribution in [0.25, 0.3) is 0 Å². The lowest BCUT2D eigenvalue weighted by Gasteiger charge is -2.39. The minimum absolute atomic E-state index is 0.271. The largest absolute Gasteiger partial charge is 0.329 e. The van der Waals surface area contributed by atoms with Gasteiger partial charge in [0.15, 0.2) is 0 Å². The molecule has 0 aliphatic carbocycles. The summed E-state index contributed by atoms with van der Waals surface area (Å²) in [6.07, 6.45) is 1.11. The lowest BCUT2D eigenvalue weighted by atomic mass is 9.86. The SMILES string of the molecule is CCc1ccc(C(CN)N(C)C(C)C(C)(C)C)s1. The van der Waals surface area contributed by atoms with E-state index in [4.69, 9.17) is 5.73 Å². The summed E-state index contributed by atoms with van der Waals surface area (Å²) in [4.78, 5) is 5.26. The van der Waals surface area contributed by atoms with E-state index in [9.17, 15) is 0 Å². The predicted octanol–water partition coefficient (Wildman–Crippen LogP) is 3.68. The van der Waals surface area contributed by atoms with Crippen LogP contribution in [0.1, 0.15) is 50.4 Å². The molecule has 0 amide bonds. The highest BCUT2D eigenvalue weighted by Gasteiger charge is 2.29. The molecule has 18 heavy (non-hydrogen) atoms. The van der Waals surface area contributed by atoms with Crippen LogP contribution in [0.3, 0.4) is 0 Å². The van der Waals surface area contributed by atoms with Gasteiger partial charge in [-0.2, -0.15) is 0 Å². The Labute approximate surface area is 116 Å². The third-order valence-electron chi connectivity index (χ3n) is 3.94. The Hall–Kier alpha value is -0.380. The maximum Gasteiger partial charge on any atom is 0.0564 e. The second-order valence-electron chi connectivity index (χ2n) is 6.12. The number of thiophene rings is 1. The zero-order valence-electron chi connectivity index (χ0n) is 12.7.